The molecule has 6 heteroatoms. The van der Waals surface area contributed by atoms with E-state index in [-0.39, 0.29) is 0 Å². The van der Waals surface area contributed by atoms with Crippen molar-refractivity contribution < 1.29 is 4.42 Å². The van der Waals surface area contributed by atoms with Gasteiger partial charge in [-0.25, -0.2) is 0 Å². The number of rotatable bonds is 4. The monoisotopic (exact) mass is 251 g/mol. The molecule has 6 nitrogen and oxygen atoms in total. The van der Waals surface area contributed by atoms with Gasteiger partial charge in [0.2, 0.25) is 5.89 Å². The van der Waals surface area contributed by atoms with Gasteiger partial charge in [-0.05, 0) is 12.8 Å². The van der Waals surface area contributed by atoms with Crippen LogP contribution in [-0.2, 0) is 6.42 Å². The molecule has 1 aromatic heterocycles. The summed E-state index contributed by atoms with van der Waals surface area (Å²) >= 11 is 0. The molecule has 0 amide bonds. The maximum absolute atomic E-state index is 5.72. The molecule has 0 aromatic carbocycles. The van der Waals surface area contributed by atoms with Crippen molar-refractivity contribution in [2.24, 2.45) is 0 Å². The summed E-state index contributed by atoms with van der Waals surface area (Å²) in [5.74, 6) is 0.774. The molecule has 2 aliphatic rings. The largest absolute Gasteiger partial charge is 0.408 e. The van der Waals surface area contributed by atoms with E-state index in [4.69, 9.17) is 4.42 Å². The van der Waals surface area contributed by atoms with E-state index < -0.39 is 0 Å². The minimum Gasteiger partial charge on any atom is -0.408 e. The first-order valence-corrected chi connectivity index (χ1v) is 6.92. The Morgan fingerprint density at radius 3 is 2.61 bits per heavy atom. The van der Waals surface area contributed by atoms with Crippen LogP contribution >= 0.6 is 0 Å². The Kier molecular flexibility index (Phi) is 3.75. The van der Waals surface area contributed by atoms with Gasteiger partial charge in [0.05, 0.1) is 0 Å². The second-order valence-corrected chi connectivity index (χ2v) is 5.01. The second kappa shape index (κ2) is 5.67. The number of piperazine rings is 1. The third kappa shape index (κ3) is 2.81. The number of aromatic nitrogens is 2. The van der Waals surface area contributed by atoms with Crippen LogP contribution in [-0.4, -0.2) is 60.9 Å². The molecule has 0 bridgehead atoms. The molecule has 0 spiro atoms. The molecule has 2 fully saturated rings. The Labute approximate surface area is 107 Å². The molecule has 3 heterocycles. The van der Waals surface area contributed by atoms with Gasteiger partial charge in [0.15, 0.2) is 0 Å². The number of nitrogens with zero attached hydrogens (tertiary/aromatic N) is 4. The van der Waals surface area contributed by atoms with E-state index in [1.165, 1.54) is 12.8 Å². The molecule has 0 unspecified atom stereocenters. The van der Waals surface area contributed by atoms with Gasteiger partial charge in [-0.3, -0.25) is 0 Å². The maximum atomic E-state index is 5.72. The van der Waals surface area contributed by atoms with Crippen molar-refractivity contribution >= 4 is 6.01 Å². The molecule has 2 aliphatic heterocycles. The molecule has 2 saturated heterocycles. The van der Waals surface area contributed by atoms with Crippen LogP contribution in [0.4, 0.5) is 6.01 Å². The number of hydrogen-bond donors (Lipinski definition) is 1. The van der Waals surface area contributed by atoms with E-state index >= 15 is 0 Å². The summed E-state index contributed by atoms with van der Waals surface area (Å²) in [6.07, 6.45) is 3.33. The SMILES string of the molecule is C1CCN(c2nnc(CCN3CCNCC3)o2)C1. The Morgan fingerprint density at radius 1 is 1.06 bits per heavy atom. The minimum atomic E-state index is 0.711. The molecule has 0 aliphatic carbocycles. The van der Waals surface area contributed by atoms with Crippen molar-refractivity contribution in [3.63, 3.8) is 0 Å². The zero-order valence-corrected chi connectivity index (χ0v) is 10.8. The Balaban J connectivity index is 1.50. The van der Waals surface area contributed by atoms with Crippen LogP contribution in [0.5, 0.6) is 0 Å². The average Bonchev–Trinajstić information content (AvgIpc) is 3.08. The highest BCUT2D eigenvalue weighted by Gasteiger charge is 2.18. The van der Waals surface area contributed by atoms with Gasteiger partial charge < -0.3 is 19.5 Å². The van der Waals surface area contributed by atoms with E-state index in [1.807, 2.05) is 0 Å². The van der Waals surface area contributed by atoms with Gasteiger partial charge in [0, 0.05) is 52.2 Å². The minimum absolute atomic E-state index is 0.711. The van der Waals surface area contributed by atoms with E-state index in [0.717, 1.165) is 58.1 Å². The molecule has 1 aromatic rings. The highest BCUT2D eigenvalue weighted by atomic mass is 16.4. The highest BCUT2D eigenvalue weighted by Crippen LogP contribution is 2.18. The van der Waals surface area contributed by atoms with E-state index in [2.05, 4.69) is 25.3 Å². The lowest BCUT2D eigenvalue weighted by molar-refractivity contribution is 0.238. The second-order valence-electron chi connectivity index (χ2n) is 5.01. The average molecular weight is 251 g/mol. The zero-order valence-electron chi connectivity index (χ0n) is 10.8. The Morgan fingerprint density at radius 2 is 1.83 bits per heavy atom. The van der Waals surface area contributed by atoms with Crippen molar-refractivity contribution in [3.8, 4) is 0 Å². The molecule has 100 valence electrons. The number of nitrogens with one attached hydrogen (secondary N) is 1. The van der Waals surface area contributed by atoms with Gasteiger partial charge in [0.25, 0.3) is 0 Å². The molecule has 0 radical (unpaired) electrons. The van der Waals surface area contributed by atoms with Gasteiger partial charge in [-0.2, -0.15) is 0 Å². The molecule has 1 N–H and O–H groups in total. The van der Waals surface area contributed by atoms with Crippen LogP contribution in [0.15, 0.2) is 4.42 Å². The first-order valence-electron chi connectivity index (χ1n) is 6.92. The van der Waals surface area contributed by atoms with Gasteiger partial charge in [-0.1, -0.05) is 5.10 Å². The third-order valence-electron chi connectivity index (χ3n) is 3.68. The predicted octanol–water partition coefficient (Wildman–Crippen LogP) is 0.118. The van der Waals surface area contributed by atoms with Gasteiger partial charge in [0.1, 0.15) is 0 Å². The van der Waals surface area contributed by atoms with Gasteiger partial charge in [-0.15, -0.1) is 5.10 Å². The van der Waals surface area contributed by atoms with Crippen LogP contribution in [0, 0.1) is 0 Å². The Bertz CT molecular complexity index is 368. The quantitative estimate of drug-likeness (QED) is 0.820. The molecular formula is C12H21N5O. The fourth-order valence-corrected chi connectivity index (χ4v) is 2.57. The standard InChI is InChI=1S/C12H21N5O/c1-2-7-17(6-1)12-15-14-11(18-12)3-8-16-9-4-13-5-10-16/h13H,1-10H2. The van der Waals surface area contributed by atoms with Crippen LogP contribution < -0.4 is 10.2 Å². The molecule has 3 rings (SSSR count). The Hall–Kier alpha value is -1.14. The molecule has 18 heavy (non-hydrogen) atoms. The number of anilines is 1. The summed E-state index contributed by atoms with van der Waals surface area (Å²) < 4.78 is 5.72. The normalized spacial score (nSPS) is 21.7. The summed E-state index contributed by atoms with van der Waals surface area (Å²) in [4.78, 5) is 4.62. The van der Waals surface area contributed by atoms with Crippen molar-refractivity contribution in [1.29, 1.82) is 0 Å². The zero-order chi connectivity index (χ0) is 12.2. The summed E-state index contributed by atoms with van der Waals surface area (Å²) in [6, 6.07) is 0.711. The fraction of sp³-hybridized carbons (Fsp3) is 0.833. The molecule has 0 atom stereocenters. The predicted molar refractivity (Wildman–Crippen MR) is 68.8 cm³/mol. The van der Waals surface area contributed by atoms with Crippen molar-refractivity contribution in [3.05, 3.63) is 5.89 Å². The van der Waals surface area contributed by atoms with Crippen molar-refractivity contribution in [2.45, 2.75) is 19.3 Å². The summed E-state index contributed by atoms with van der Waals surface area (Å²) in [5, 5.41) is 11.6. The van der Waals surface area contributed by atoms with Gasteiger partial charge >= 0.3 is 6.01 Å². The topological polar surface area (TPSA) is 57.4 Å². The highest BCUT2D eigenvalue weighted by molar-refractivity contribution is 5.25. The van der Waals surface area contributed by atoms with E-state index in [9.17, 15) is 0 Å². The van der Waals surface area contributed by atoms with E-state index in [0.29, 0.717) is 6.01 Å². The summed E-state index contributed by atoms with van der Waals surface area (Å²) in [7, 11) is 0. The van der Waals surface area contributed by atoms with Crippen LogP contribution in [0.25, 0.3) is 0 Å². The number of hydrogen-bond acceptors (Lipinski definition) is 6. The van der Waals surface area contributed by atoms with Crippen LogP contribution in [0.1, 0.15) is 18.7 Å². The first-order chi connectivity index (χ1) is 8.92. The third-order valence-corrected chi connectivity index (χ3v) is 3.68. The summed E-state index contributed by atoms with van der Waals surface area (Å²) in [6.45, 7) is 7.54. The maximum Gasteiger partial charge on any atom is 0.318 e. The first kappa shape index (κ1) is 11.9. The van der Waals surface area contributed by atoms with Crippen molar-refractivity contribution in [1.82, 2.24) is 20.4 Å². The summed E-state index contributed by atoms with van der Waals surface area (Å²) in [5.41, 5.74) is 0. The smallest absolute Gasteiger partial charge is 0.318 e. The lowest BCUT2D eigenvalue weighted by atomic mass is 10.3. The van der Waals surface area contributed by atoms with Crippen LogP contribution in [0.3, 0.4) is 0 Å². The van der Waals surface area contributed by atoms with E-state index in [1.54, 1.807) is 0 Å². The molecule has 0 saturated carbocycles. The fourth-order valence-electron chi connectivity index (χ4n) is 2.57. The lowest BCUT2D eigenvalue weighted by Gasteiger charge is -2.26. The lowest BCUT2D eigenvalue weighted by Crippen LogP contribution is -2.44. The van der Waals surface area contributed by atoms with Crippen molar-refractivity contribution in [2.75, 3.05) is 50.7 Å². The molecular weight excluding hydrogens is 230 g/mol. The van der Waals surface area contributed by atoms with Crippen LogP contribution in [0.2, 0.25) is 0 Å².